The van der Waals surface area contributed by atoms with Crippen molar-refractivity contribution >= 4 is 17.9 Å². The molecule has 0 saturated carbocycles. The Labute approximate surface area is 135 Å². The molecule has 0 aliphatic heterocycles. The zero-order valence-electron chi connectivity index (χ0n) is 13.3. The van der Waals surface area contributed by atoms with Crippen molar-refractivity contribution in [3.8, 4) is 5.75 Å². The van der Waals surface area contributed by atoms with Crippen LogP contribution in [0.15, 0.2) is 30.3 Å². The lowest BCUT2D eigenvalue weighted by atomic mass is 10.2. The van der Waals surface area contributed by atoms with E-state index >= 15 is 0 Å². The lowest BCUT2D eigenvalue weighted by Gasteiger charge is -2.09. The van der Waals surface area contributed by atoms with Crippen LogP contribution < -0.4 is 15.4 Å². The quantitative estimate of drug-likeness (QED) is 0.707. The summed E-state index contributed by atoms with van der Waals surface area (Å²) in [6.07, 6.45) is 0.0156. The van der Waals surface area contributed by atoms with E-state index in [-0.39, 0.29) is 18.9 Å². The molecule has 0 aliphatic carbocycles. The summed E-state index contributed by atoms with van der Waals surface area (Å²) in [7, 11) is 0. The van der Waals surface area contributed by atoms with Gasteiger partial charge in [-0.1, -0.05) is 32.0 Å². The Hall–Kier alpha value is -2.57. The molecular weight excluding hydrogens is 300 g/mol. The molecule has 23 heavy (non-hydrogen) atoms. The maximum absolute atomic E-state index is 11.5. The van der Waals surface area contributed by atoms with Gasteiger partial charge in [0.1, 0.15) is 5.75 Å². The number of esters is 1. The topological polar surface area (TPSA) is 93.7 Å². The number of hydrogen-bond acceptors (Lipinski definition) is 5. The number of benzene rings is 1. The molecule has 0 spiro atoms. The average molecular weight is 322 g/mol. The number of carbonyl (C=O) groups is 3. The van der Waals surface area contributed by atoms with E-state index in [0.29, 0.717) is 12.3 Å². The van der Waals surface area contributed by atoms with Crippen molar-refractivity contribution < 1.29 is 23.9 Å². The molecule has 0 aromatic heterocycles. The van der Waals surface area contributed by atoms with Crippen LogP contribution in [0.1, 0.15) is 20.3 Å². The van der Waals surface area contributed by atoms with Gasteiger partial charge in [-0.2, -0.15) is 0 Å². The van der Waals surface area contributed by atoms with Gasteiger partial charge in [-0.25, -0.2) is 4.79 Å². The Kier molecular flexibility index (Phi) is 8.20. The van der Waals surface area contributed by atoms with Gasteiger partial charge in [-0.3, -0.25) is 14.9 Å². The number of ether oxygens (including phenoxy) is 2. The second kappa shape index (κ2) is 10.2. The van der Waals surface area contributed by atoms with E-state index in [4.69, 9.17) is 9.47 Å². The normalized spacial score (nSPS) is 10.0. The zero-order chi connectivity index (χ0) is 17.1. The monoisotopic (exact) mass is 322 g/mol. The van der Waals surface area contributed by atoms with Gasteiger partial charge >= 0.3 is 12.0 Å². The number of nitrogens with one attached hydrogen (secondary N) is 2. The van der Waals surface area contributed by atoms with E-state index in [1.807, 2.05) is 32.0 Å². The van der Waals surface area contributed by atoms with Crippen molar-refractivity contribution in [2.75, 3.05) is 19.8 Å². The van der Waals surface area contributed by atoms with Crippen LogP contribution in [0.3, 0.4) is 0 Å². The number of carbonyl (C=O) groups excluding carboxylic acids is 3. The first-order valence-corrected chi connectivity index (χ1v) is 7.38. The molecule has 126 valence electrons. The molecule has 0 bridgehead atoms. The Bertz CT molecular complexity index is 516. The SMILES string of the molecule is CC(C)CNC(=O)NC(=O)COC(=O)CCOc1ccccc1. The first-order chi connectivity index (χ1) is 11.0. The highest BCUT2D eigenvalue weighted by Crippen LogP contribution is 2.08. The fraction of sp³-hybridized carbons (Fsp3) is 0.438. The van der Waals surface area contributed by atoms with Gasteiger partial charge in [0.15, 0.2) is 6.61 Å². The molecule has 7 nitrogen and oxygen atoms in total. The minimum Gasteiger partial charge on any atom is -0.493 e. The highest BCUT2D eigenvalue weighted by atomic mass is 16.5. The third kappa shape index (κ3) is 9.13. The van der Waals surface area contributed by atoms with Crippen molar-refractivity contribution in [2.45, 2.75) is 20.3 Å². The summed E-state index contributed by atoms with van der Waals surface area (Å²) in [4.78, 5) is 34.2. The average Bonchev–Trinajstić information content (AvgIpc) is 2.52. The van der Waals surface area contributed by atoms with Gasteiger partial charge in [0, 0.05) is 6.54 Å². The van der Waals surface area contributed by atoms with E-state index < -0.39 is 24.5 Å². The third-order valence-corrected chi connectivity index (χ3v) is 2.61. The minimum atomic E-state index is -0.677. The van der Waals surface area contributed by atoms with Crippen molar-refractivity contribution in [3.63, 3.8) is 0 Å². The molecule has 0 saturated heterocycles. The summed E-state index contributed by atoms with van der Waals surface area (Å²) in [6.45, 7) is 3.97. The fourth-order valence-electron chi connectivity index (χ4n) is 1.49. The predicted molar refractivity (Wildman–Crippen MR) is 83.9 cm³/mol. The smallest absolute Gasteiger partial charge is 0.321 e. The van der Waals surface area contributed by atoms with Crippen LogP contribution in [-0.2, 0) is 14.3 Å². The van der Waals surface area contributed by atoms with Crippen LogP contribution in [0.2, 0.25) is 0 Å². The van der Waals surface area contributed by atoms with E-state index in [1.54, 1.807) is 12.1 Å². The van der Waals surface area contributed by atoms with Crippen LogP contribution in [-0.4, -0.2) is 37.7 Å². The zero-order valence-corrected chi connectivity index (χ0v) is 13.3. The number of amides is 3. The summed E-state index contributed by atoms with van der Waals surface area (Å²) in [5.74, 6) is -0.319. The number of para-hydroxylation sites is 1. The van der Waals surface area contributed by atoms with Crippen molar-refractivity contribution in [2.24, 2.45) is 5.92 Å². The summed E-state index contributed by atoms with van der Waals surface area (Å²) >= 11 is 0. The van der Waals surface area contributed by atoms with Crippen LogP contribution >= 0.6 is 0 Å². The maximum Gasteiger partial charge on any atom is 0.321 e. The highest BCUT2D eigenvalue weighted by molar-refractivity contribution is 5.95. The molecular formula is C16H22N2O5. The lowest BCUT2D eigenvalue weighted by molar-refractivity contribution is -0.148. The van der Waals surface area contributed by atoms with Gasteiger partial charge in [0.25, 0.3) is 5.91 Å². The molecule has 7 heteroatoms. The second-order valence-electron chi connectivity index (χ2n) is 5.22. The largest absolute Gasteiger partial charge is 0.493 e. The fourth-order valence-corrected chi connectivity index (χ4v) is 1.49. The molecule has 1 aromatic rings. The van der Waals surface area contributed by atoms with Crippen LogP contribution in [0.4, 0.5) is 4.79 Å². The third-order valence-electron chi connectivity index (χ3n) is 2.61. The predicted octanol–water partition coefficient (Wildman–Crippen LogP) is 1.48. The van der Waals surface area contributed by atoms with Gasteiger partial charge in [-0.05, 0) is 18.1 Å². The Morgan fingerprint density at radius 2 is 1.83 bits per heavy atom. The molecule has 3 amide bonds. The summed E-state index contributed by atoms with van der Waals surface area (Å²) in [5.41, 5.74) is 0. The first-order valence-electron chi connectivity index (χ1n) is 7.38. The van der Waals surface area contributed by atoms with Gasteiger partial charge < -0.3 is 14.8 Å². The van der Waals surface area contributed by atoms with Crippen molar-refractivity contribution in [1.29, 1.82) is 0 Å². The standard InChI is InChI=1S/C16H22N2O5/c1-12(2)10-17-16(21)18-14(19)11-23-15(20)8-9-22-13-6-4-3-5-7-13/h3-7,12H,8-11H2,1-2H3,(H2,17,18,19,21). The minimum absolute atomic E-state index is 0.0156. The molecule has 2 N–H and O–H groups in total. The second-order valence-corrected chi connectivity index (χ2v) is 5.22. The molecule has 0 fully saturated rings. The van der Waals surface area contributed by atoms with Crippen LogP contribution in [0, 0.1) is 5.92 Å². The molecule has 0 unspecified atom stereocenters. The first kappa shape index (κ1) is 18.5. The molecule has 1 rings (SSSR count). The number of urea groups is 1. The molecule has 0 aliphatic rings. The Balaban J connectivity index is 2.12. The van der Waals surface area contributed by atoms with E-state index in [1.165, 1.54) is 0 Å². The maximum atomic E-state index is 11.5. The van der Waals surface area contributed by atoms with E-state index in [2.05, 4.69) is 10.6 Å². The number of hydrogen-bond donors (Lipinski definition) is 2. The van der Waals surface area contributed by atoms with Gasteiger partial charge in [0.05, 0.1) is 13.0 Å². The molecule has 0 radical (unpaired) electrons. The highest BCUT2D eigenvalue weighted by Gasteiger charge is 2.11. The van der Waals surface area contributed by atoms with Gasteiger partial charge in [0.2, 0.25) is 0 Å². The number of imide groups is 1. The molecule has 1 aromatic carbocycles. The summed E-state index contributed by atoms with van der Waals surface area (Å²) in [6, 6.07) is 8.44. The van der Waals surface area contributed by atoms with E-state index in [0.717, 1.165) is 0 Å². The van der Waals surface area contributed by atoms with Crippen molar-refractivity contribution in [1.82, 2.24) is 10.6 Å². The number of rotatable bonds is 8. The van der Waals surface area contributed by atoms with Crippen molar-refractivity contribution in [3.05, 3.63) is 30.3 Å². The van der Waals surface area contributed by atoms with Gasteiger partial charge in [-0.15, -0.1) is 0 Å². The Morgan fingerprint density at radius 3 is 2.48 bits per heavy atom. The summed E-state index contributed by atoms with van der Waals surface area (Å²) < 4.78 is 10.1. The Morgan fingerprint density at radius 1 is 1.13 bits per heavy atom. The molecule has 0 heterocycles. The van der Waals surface area contributed by atoms with Crippen LogP contribution in [0.25, 0.3) is 0 Å². The van der Waals surface area contributed by atoms with E-state index in [9.17, 15) is 14.4 Å². The molecule has 0 atom stereocenters. The van der Waals surface area contributed by atoms with Crippen LogP contribution in [0.5, 0.6) is 5.75 Å². The lowest BCUT2D eigenvalue weighted by Crippen LogP contribution is -2.42. The summed E-state index contributed by atoms with van der Waals surface area (Å²) in [5, 5.41) is 4.60.